The highest BCUT2D eigenvalue weighted by Gasteiger charge is 2.26. The molecule has 1 heterocycles. The van der Waals surface area contributed by atoms with Crippen molar-refractivity contribution in [1.29, 1.82) is 0 Å². The second-order valence-corrected chi connectivity index (χ2v) is 6.65. The number of aliphatic hydroxyl groups is 1. The molecule has 2 aromatic rings. The van der Waals surface area contributed by atoms with Crippen molar-refractivity contribution < 1.29 is 19.1 Å². The van der Waals surface area contributed by atoms with Crippen molar-refractivity contribution in [1.82, 2.24) is 16.0 Å². The number of hydrogen-bond donors (Lipinski definition) is 5. The van der Waals surface area contributed by atoms with Crippen LogP contribution in [0.4, 0.5) is 0 Å². The average Bonchev–Trinajstić information content (AvgIpc) is 3.24. The molecule has 0 saturated heterocycles. The number of nitrogens with two attached hydrogens (primary N) is 1. The average molecular weight is 529 g/mol. The molecule has 1 unspecified atom stereocenters. The Morgan fingerprint density at radius 2 is 1.87 bits per heavy atom. The molecule has 1 atom stereocenters. The molecule has 1 aromatic heterocycles. The fourth-order valence-corrected chi connectivity index (χ4v) is 2.47. The topological polar surface area (TPSA) is 142 Å². The number of rotatable bonds is 9. The molecule has 30 heavy (non-hydrogen) atoms. The first kappa shape index (κ1) is 25.4. The molecule has 0 bridgehead atoms. The molecule has 164 valence electrons. The normalized spacial score (nSPS) is 13.0. The Balaban J connectivity index is 0.00000450. The van der Waals surface area contributed by atoms with Crippen LogP contribution in [0, 0.1) is 0 Å². The third-order valence-corrected chi connectivity index (χ3v) is 4.06. The van der Waals surface area contributed by atoms with Crippen LogP contribution in [-0.4, -0.2) is 42.5 Å². The van der Waals surface area contributed by atoms with Gasteiger partial charge >= 0.3 is 0 Å². The van der Waals surface area contributed by atoms with Gasteiger partial charge in [0.1, 0.15) is 11.4 Å². The number of primary amides is 1. The number of nitrogens with zero attached hydrogens (tertiary/aromatic N) is 1. The molecule has 0 fully saturated rings. The molecule has 6 N–H and O–H groups in total. The van der Waals surface area contributed by atoms with Crippen LogP contribution in [0.15, 0.2) is 52.1 Å². The van der Waals surface area contributed by atoms with Crippen molar-refractivity contribution >= 4 is 41.8 Å². The highest BCUT2D eigenvalue weighted by molar-refractivity contribution is 14.0. The first-order valence-electron chi connectivity index (χ1n) is 9.26. The van der Waals surface area contributed by atoms with E-state index in [9.17, 15) is 14.7 Å². The zero-order valence-electron chi connectivity index (χ0n) is 17.0. The Hall–Kier alpha value is -2.60. The van der Waals surface area contributed by atoms with Crippen LogP contribution >= 0.6 is 24.0 Å². The molecule has 0 aliphatic heterocycles. The molecule has 9 nitrogen and oxygen atoms in total. The van der Waals surface area contributed by atoms with Crippen LogP contribution in [0.25, 0.3) is 0 Å². The second kappa shape index (κ2) is 12.2. The van der Waals surface area contributed by atoms with E-state index in [-0.39, 0.29) is 43.0 Å². The fraction of sp³-hybridized carbons (Fsp3) is 0.350. The van der Waals surface area contributed by atoms with Crippen LogP contribution in [0.5, 0.6) is 0 Å². The van der Waals surface area contributed by atoms with E-state index in [4.69, 9.17) is 10.2 Å². The minimum Gasteiger partial charge on any atom is -0.466 e. The number of furan rings is 1. The Kier molecular flexibility index (Phi) is 10.3. The van der Waals surface area contributed by atoms with E-state index >= 15 is 0 Å². The summed E-state index contributed by atoms with van der Waals surface area (Å²) in [6.45, 7) is 4.65. The number of guanidine groups is 1. The number of aliphatic imine (C=N–C) groups is 1. The second-order valence-electron chi connectivity index (χ2n) is 6.65. The molecule has 2 rings (SSSR count). The molecule has 0 spiro atoms. The SMILES string of the molecule is CCNC(=NCc1ccc(C(=O)NCC(N)=O)cc1)NCC(C)(O)c1ccco1.I. The van der Waals surface area contributed by atoms with Crippen molar-refractivity contribution in [2.75, 3.05) is 19.6 Å². The third kappa shape index (κ3) is 8.03. The molecule has 0 radical (unpaired) electrons. The maximum absolute atomic E-state index is 11.9. The van der Waals surface area contributed by atoms with Crippen LogP contribution in [-0.2, 0) is 16.9 Å². The monoisotopic (exact) mass is 529 g/mol. The van der Waals surface area contributed by atoms with E-state index in [2.05, 4.69) is 20.9 Å². The molecule has 2 amide bonds. The van der Waals surface area contributed by atoms with Gasteiger partial charge in [0.05, 0.1) is 25.9 Å². The summed E-state index contributed by atoms with van der Waals surface area (Å²) in [6.07, 6.45) is 1.51. The quantitative estimate of drug-likeness (QED) is 0.187. The Bertz CT molecular complexity index is 835. The third-order valence-electron chi connectivity index (χ3n) is 4.06. The van der Waals surface area contributed by atoms with Crippen molar-refractivity contribution in [3.05, 3.63) is 59.5 Å². The van der Waals surface area contributed by atoms with E-state index in [1.165, 1.54) is 6.26 Å². The smallest absolute Gasteiger partial charge is 0.251 e. The van der Waals surface area contributed by atoms with Crippen LogP contribution in [0.2, 0.25) is 0 Å². The number of nitrogens with one attached hydrogen (secondary N) is 3. The number of amides is 2. The predicted molar refractivity (Wildman–Crippen MR) is 124 cm³/mol. The first-order valence-corrected chi connectivity index (χ1v) is 9.26. The lowest BCUT2D eigenvalue weighted by Gasteiger charge is -2.22. The Morgan fingerprint density at radius 3 is 2.43 bits per heavy atom. The number of carbonyl (C=O) groups excluding carboxylic acids is 2. The van der Waals surface area contributed by atoms with Gasteiger partial charge in [-0.25, -0.2) is 4.99 Å². The summed E-state index contributed by atoms with van der Waals surface area (Å²) in [7, 11) is 0. The number of carbonyl (C=O) groups is 2. The van der Waals surface area contributed by atoms with Gasteiger partial charge in [-0.3, -0.25) is 9.59 Å². The van der Waals surface area contributed by atoms with Crippen LogP contribution in [0.3, 0.4) is 0 Å². The molecule has 0 aliphatic carbocycles. The van der Waals surface area contributed by atoms with Crippen LogP contribution < -0.4 is 21.7 Å². The zero-order valence-corrected chi connectivity index (χ0v) is 19.3. The lowest BCUT2D eigenvalue weighted by molar-refractivity contribution is -0.117. The van der Waals surface area contributed by atoms with Gasteiger partial charge in [-0.1, -0.05) is 12.1 Å². The largest absolute Gasteiger partial charge is 0.466 e. The summed E-state index contributed by atoms with van der Waals surface area (Å²) in [5.41, 5.74) is 5.16. The minimum absolute atomic E-state index is 0. The summed E-state index contributed by atoms with van der Waals surface area (Å²) >= 11 is 0. The minimum atomic E-state index is -1.18. The summed E-state index contributed by atoms with van der Waals surface area (Å²) in [5, 5.41) is 19.2. The Morgan fingerprint density at radius 1 is 1.17 bits per heavy atom. The van der Waals surface area contributed by atoms with Crippen molar-refractivity contribution in [3.8, 4) is 0 Å². The summed E-state index contributed by atoms with van der Waals surface area (Å²) in [6, 6.07) is 10.3. The maximum Gasteiger partial charge on any atom is 0.251 e. The van der Waals surface area contributed by atoms with Gasteiger partial charge in [-0.05, 0) is 43.7 Å². The van der Waals surface area contributed by atoms with E-state index < -0.39 is 11.5 Å². The van der Waals surface area contributed by atoms with E-state index in [1.807, 2.05) is 6.92 Å². The van der Waals surface area contributed by atoms with Gasteiger partial charge < -0.3 is 31.2 Å². The standard InChI is InChI=1S/C20H27N5O4.HI/c1-3-22-19(25-13-20(2,28)16-5-4-10-29-16)24-11-14-6-8-15(9-7-14)18(27)23-12-17(21)26;/h4-10,28H,3,11-13H2,1-2H3,(H2,21,26)(H,23,27)(H2,22,24,25);1H. The lowest BCUT2D eigenvalue weighted by atomic mass is 10.0. The zero-order chi connectivity index (χ0) is 21.3. The number of halogens is 1. The Labute approximate surface area is 192 Å². The predicted octanol–water partition coefficient (Wildman–Crippen LogP) is 1.08. The van der Waals surface area contributed by atoms with Gasteiger partial charge in [0.2, 0.25) is 5.91 Å². The number of hydrogen-bond acceptors (Lipinski definition) is 5. The molecule has 10 heteroatoms. The fourth-order valence-electron chi connectivity index (χ4n) is 2.47. The van der Waals surface area contributed by atoms with Gasteiger partial charge in [0, 0.05) is 12.1 Å². The lowest BCUT2D eigenvalue weighted by Crippen LogP contribution is -2.44. The maximum atomic E-state index is 11.9. The summed E-state index contributed by atoms with van der Waals surface area (Å²) in [4.78, 5) is 27.1. The highest BCUT2D eigenvalue weighted by Crippen LogP contribution is 2.19. The molecular weight excluding hydrogens is 501 g/mol. The van der Waals surface area contributed by atoms with Crippen molar-refractivity contribution in [2.45, 2.75) is 26.0 Å². The highest BCUT2D eigenvalue weighted by atomic mass is 127. The number of benzene rings is 1. The van der Waals surface area contributed by atoms with Gasteiger partial charge in [0.25, 0.3) is 5.91 Å². The summed E-state index contributed by atoms with van der Waals surface area (Å²) in [5.74, 6) is 0.0430. The van der Waals surface area contributed by atoms with Gasteiger partial charge in [0.15, 0.2) is 5.96 Å². The van der Waals surface area contributed by atoms with E-state index in [0.29, 0.717) is 30.4 Å². The van der Waals surface area contributed by atoms with Gasteiger partial charge in [-0.2, -0.15) is 0 Å². The van der Waals surface area contributed by atoms with Gasteiger partial charge in [-0.15, -0.1) is 24.0 Å². The van der Waals surface area contributed by atoms with Crippen LogP contribution in [0.1, 0.15) is 35.5 Å². The van der Waals surface area contributed by atoms with E-state index in [0.717, 1.165) is 5.56 Å². The first-order chi connectivity index (χ1) is 13.8. The summed E-state index contributed by atoms with van der Waals surface area (Å²) < 4.78 is 5.27. The van der Waals surface area contributed by atoms with Crippen molar-refractivity contribution in [2.24, 2.45) is 10.7 Å². The van der Waals surface area contributed by atoms with E-state index in [1.54, 1.807) is 43.3 Å². The van der Waals surface area contributed by atoms with Crippen molar-refractivity contribution in [3.63, 3.8) is 0 Å². The molecule has 1 aromatic carbocycles. The molecule has 0 saturated carbocycles. The molecular formula is C20H28IN5O4. The molecule has 0 aliphatic rings.